The van der Waals surface area contributed by atoms with Crippen LogP contribution in [0.1, 0.15) is 28.3 Å². The molecule has 0 spiro atoms. The maximum absolute atomic E-state index is 5.32. The fourth-order valence-electron chi connectivity index (χ4n) is 4.02. The average Bonchev–Trinajstić information content (AvgIpc) is 3.59. The molecule has 8 bridgehead atoms. The van der Waals surface area contributed by atoms with E-state index in [1.807, 2.05) is 36.4 Å². The van der Waals surface area contributed by atoms with Gasteiger partial charge in [0.1, 0.15) is 5.75 Å². The van der Waals surface area contributed by atoms with Crippen LogP contribution in [0.2, 0.25) is 0 Å². The quantitative estimate of drug-likeness (QED) is 0.300. The molecule has 2 aliphatic heterocycles. The van der Waals surface area contributed by atoms with Crippen LogP contribution >= 0.6 is 0 Å². The van der Waals surface area contributed by atoms with Gasteiger partial charge in [-0.2, -0.15) is 0 Å². The molecule has 0 fully saturated rings. The van der Waals surface area contributed by atoms with E-state index in [1.54, 1.807) is 7.11 Å². The Kier molecular flexibility index (Phi) is 5.46. The van der Waals surface area contributed by atoms with Crippen LogP contribution in [0.15, 0.2) is 72.8 Å². The smallest absolute Gasteiger partial charge is 0.118 e. The van der Waals surface area contributed by atoms with Gasteiger partial charge in [0, 0.05) is 44.7 Å². The number of methoxy groups -OCH3 is 1. The summed E-state index contributed by atoms with van der Waals surface area (Å²) in [7, 11) is 1.68. The first kappa shape index (κ1) is 21.0. The molecule has 5 heterocycles. The third-order valence-electron chi connectivity index (χ3n) is 5.57. The second kappa shape index (κ2) is 8.58. The molecule has 3 aromatic heterocycles. The number of aromatic nitrogens is 4. The fraction of sp³-hybridized carbons (Fsp3) is 0.0370. The molecule has 162 valence electrons. The predicted molar refractivity (Wildman–Crippen MR) is 130 cm³/mol. The Labute approximate surface area is 201 Å². The van der Waals surface area contributed by atoms with Gasteiger partial charge in [0.05, 0.1) is 29.9 Å². The molecule has 0 amide bonds. The van der Waals surface area contributed by atoms with Crippen molar-refractivity contribution in [2.24, 2.45) is 0 Å². The Morgan fingerprint density at radius 2 is 1.18 bits per heavy atom. The van der Waals surface area contributed by atoms with Crippen molar-refractivity contribution in [3.05, 3.63) is 101 Å². The Balaban J connectivity index is 0.00000228. The van der Waals surface area contributed by atoms with Crippen molar-refractivity contribution in [2.45, 2.75) is 0 Å². The van der Waals surface area contributed by atoms with Crippen LogP contribution in [-0.2, 0) is 17.1 Å². The second-order valence-corrected chi connectivity index (χ2v) is 7.82. The number of ether oxygens (including phenoxy) is 1. The molecular weight excluding hydrogens is 452 g/mol. The van der Waals surface area contributed by atoms with E-state index in [9.17, 15) is 0 Å². The molecule has 0 radical (unpaired) electrons. The van der Waals surface area contributed by atoms with Crippen molar-refractivity contribution >= 4 is 45.9 Å². The molecule has 6 rings (SSSR count). The van der Waals surface area contributed by atoms with E-state index in [0.717, 1.165) is 61.7 Å². The molecule has 4 aromatic rings. The van der Waals surface area contributed by atoms with Crippen molar-refractivity contribution in [1.82, 2.24) is 19.9 Å². The van der Waals surface area contributed by atoms with Crippen molar-refractivity contribution in [1.29, 1.82) is 0 Å². The minimum absolute atomic E-state index is 0. The van der Waals surface area contributed by atoms with Crippen LogP contribution in [0.4, 0.5) is 0 Å². The van der Waals surface area contributed by atoms with Crippen LogP contribution in [0.5, 0.6) is 5.75 Å². The number of nitrogens with one attached hydrogen (secondary N) is 2. The third-order valence-corrected chi connectivity index (χ3v) is 5.57. The van der Waals surface area contributed by atoms with E-state index < -0.39 is 0 Å². The summed E-state index contributed by atoms with van der Waals surface area (Å²) in [6, 6.07) is 24.5. The molecule has 0 saturated heterocycles. The van der Waals surface area contributed by atoms with Gasteiger partial charge in [-0.25, -0.2) is 9.97 Å². The molecule has 0 aliphatic carbocycles. The zero-order valence-corrected chi connectivity index (χ0v) is 18.9. The van der Waals surface area contributed by atoms with Gasteiger partial charge in [-0.15, -0.1) is 0 Å². The van der Waals surface area contributed by atoms with E-state index >= 15 is 0 Å². The minimum Gasteiger partial charge on any atom is -0.497 e. The first-order chi connectivity index (χ1) is 15.7. The summed E-state index contributed by atoms with van der Waals surface area (Å²) in [4.78, 5) is 16.5. The molecule has 0 saturated carbocycles. The Morgan fingerprint density at radius 1 is 0.636 bits per heavy atom. The van der Waals surface area contributed by atoms with Gasteiger partial charge < -0.3 is 14.7 Å². The SMILES string of the molecule is COc1ccc(C2=Cc3cc4ccc(cc5nc(cc6ccc(cc2n3)[nH]6)C=C5)[nH]4)cc1.[Fe]. The number of hydrogen-bond acceptors (Lipinski definition) is 3. The zero-order valence-electron chi connectivity index (χ0n) is 17.8. The van der Waals surface area contributed by atoms with Crippen LogP contribution in [0, 0.1) is 0 Å². The predicted octanol–water partition coefficient (Wildman–Crippen LogP) is 6.08. The standard InChI is InChI=1S/C27H20N4O.Fe/c1-32-25-10-2-17(3-11-25)26-15-24-14-22-7-6-20(29-22)12-18-4-5-19(28-18)13-21-8-9-23(30-21)16-27(26)31-24;/h2-16,29-30H,1H3;. The Bertz CT molecular complexity index is 1560. The zero-order chi connectivity index (χ0) is 21.5. The summed E-state index contributed by atoms with van der Waals surface area (Å²) in [6.45, 7) is 0. The van der Waals surface area contributed by atoms with Crippen molar-refractivity contribution in [2.75, 3.05) is 7.11 Å². The number of hydrogen-bond donors (Lipinski definition) is 2. The summed E-state index contributed by atoms with van der Waals surface area (Å²) < 4.78 is 5.32. The molecule has 0 unspecified atom stereocenters. The van der Waals surface area contributed by atoms with E-state index in [1.165, 1.54) is 0 Å². The maximum atomic E-state index is 5.32. The van der Waals surface area contributed by atoms with E-state index in [0.29, 0.717) is 0 Å². The third kappa shape index (κ3) is 4.27. The molecule has 5 nitrogen and oxygen atoms in total. The van der Waals surface area contributed by atoms with Crippen LogP contribution in [-0.4, -0.2) is 27.0 Å². The summed E-state index contributed by atoms with van der Waals surface area (Å²) in [6.07, 6.45) is 6.17. The monoisotopic (exact) mass is 472 g/mol. The number of aromatic amines is 2. The second-order valence-electron chi connectivity index (χ2n) is 7.82. The number of fused-ring (bicyclic) bond motifs is 8. The number of H-pyrrole nitrogens is 2. The van der Waals surface area contributed by atoms with E-state index in [2.05, 4.69) is 64.6 Å². The van der Waals surface area contributed by atoms with E-state index in [-0.39, 0.29) is 17.1 Å². The normalized spacial score (nSPS) is 12.2. The first-order valence-corrected chi connectivity index (χ1v) is 10.4. The van der Waals surface area contributed by atoms with Crippen LogP contribution < -0.4 is 4.74 Å². The maximum Gasteiger partial charge on any atom is 0.118 e. The molecule has 1 aromatic carbocycles. The number of nitrogens with zero attached hydrogens (tertiary/aromatic N) is 2. The van der Waals surface area contributed by atoms with Gasteiger partial charge in [-0.05, 0) is 84.5 Å². The fourth-order valence-corrected chi connectivity index (χ4v) is 4.02. The summed E-state index contributed by atoms with van der Waals surface area (Å²) >= 11 is 0. The van der Waals surface area contributed by atoms with Gasteiger partial charge in [-0.1, -0.05) is 12.1 Å². The topological polar surface area (TPSA) is 66.6 Å². The van der Waals surface area contributed by atoms with Gasteiger partial charge in [0.2, 0.25) is 0 Å². The van der Waals surface area contributed by atoms with Gasteiger partial charge in [0.25, 0.3) is 0 Å². The molecule has 33 heavy (non-hydrogen) atoms. The largest absolute Gasteiger partial charge is 0.497 e. The minimum atomic E-state index is 0. The molecule has 2 aliphatic rings. The summed E-state index contributed by atoms with van der Waals surface area (Å²) in [5.41, 5.74) is 9.80. The number of benzene rings is 1. The Hall–Kier alpha value is -3.86. The van der Waals surface area contributed by atoms with Gasteiger partial charge >= 0.3 is 0 Å². The van der Waals surface area contributed by atoms with Crippen LogP contribution in [0.3, 0.4) is 0 Å². The summed E-state index contributed by atoms with van der Waals surface area (Å²) in [5, 5.41) is 0. The molecule has 2 N–H and O–H groups in total. The van der Waals surface area contributed by atoms with Crippen molar-refractivity contribution in [3.63, 3.8) is 0 Å². The summed E-state index contributed by atoms with van der Waals surface area (Å²) in [5.74, 6) is 0.833. The Morgan fingerprint density at radius 3 is 1.76 bits per heavy atom. The van der Waals surface area contributed by atoms with Gasteiger partial charge in [0.15, 0.2) is 0 Å². The molecule has 0 atom stereocenters. The van der Waals surface area contributed by atoms with Crippen LogP contribution in [0.25, 0.3) is 45.9 Å². The van der Waals surface area contributed by atoms with Crippen molar-refractivity contribution in [3.8, 4) is 5.75 Å². The first-order valence-electron chi connectivity index (χ1n) is 10.4. The average molecular weight is 472 g/mol. The van der Waals surface area contributed by atoms with Crippen molar-refractivity contribution < 1.29 is 21.8 Å². The molecular formula is C27H20FeN4O. The number of rotatable bonds is 2. The van der Waals surface area contributed by atoms with Gasteiger partial charge in [-0.3, -0.25) is 0 Å². The van der Waals surface area contributed by atoms with E-state index in [4.69, 9.17) is 14.7 Å². The molecule has 6 heteroatoms.